The van der Waals surface area contributed by atoms with Gasteiger partial charge in [-0.25, -0.2) is 18.7 Å². The molecule has 3 N–H and O–H groups in total. The number of carbonyl (C=O) groups excluding carboxylic acids is 1. The molecule has 1 aliphatic heterocycles. The summed E-state index contributed by atoms with van der Waals surface area (Å²) >= 11 is 0. The molecule has 0 aliphatic carbocycles. The first-order chi connectivity index (χ1) is 16.5. The van der Waals surface area contributed by atoms with Gasteiger partial charge in [-0.2, -0.15) is 0 Å². The molecule has 0 bridgehead atoms. The zero-order valence-corrected chi connectivity index (χ0v) is 18.1. The van der Waals surface area contributed by atoms with Crippen LogP contribution in [0.4, 0.5) is 20.4 Å². The molecular weight excluding hydrogens is 438 g/mol. The third-order valence-electron chi connectivity index (χ3n) is 5.74. The van der Waals surface area contributed by atoms with E-state index in [1.54, 1.807) is 24.7 Å². The Morgan fingerprint density at radius 3 is 2.68 bits per heavy atom. The van der Waals surface area contributed by atoms with E-state index in [1.807, 2.05) is 18.2 Å². The number of alkyl halides is 1. The number of hydrogen-bond acceptors (Lipinski definition) is 6. The summed E-state index contributed by atoms with van der Waals surface area (Å²) < 4.78 is 27.3. The van der Waals surface area contributed by atoms with E-state index in [2.05, 4.69) is 30.9 Å². The summed E-state index contributed by atoms with van der Waals surface area (Å²) in [6, 6.07) is 12.5. The molecule has 0 unspecified atom stereocenters. The maximum Gasteiger partial charge on any atom is 0.256 e. The monoisotopic (exact) mass is 460 g/mol. The molecule has 9 heteroatoms. The standard InChI is InChI=1S/C25H22F2N6O/c26-19-5-3-15(4-6-19)25(34)33-23-10-18-9-16(1-2-17(18)11-30-23)22-13-29-14-24(32-22)31-21-7-8-28-12-20(21)27/h1-6,9-11,13-14,20-21,28H,7-8,12H2,(H,31,32)(H,30,33,34)/t20-,21-/m0/s1. The van der Waals surface area contributed by atoms with Crippen molar-refractivity contribution >= 4 is 28.3 Å². The van der Waals surface area contributed by atoms with Crippen LogP contribution in [0.15, 0.2) is 67.1 Å². The molecule has 0 spiro atoms. The molecule has 34 heavy (non-hydrogen) atoms. The number of nitrogens with one attached hydrogen (secondary N) is 3. The summed E-state index contributed by atoms with van der Waals surface area (Å²) in [5, 5.41) is 10.7. The molecular formula is C25H22F2N6O. The molecule has 1 saturated heterocycles. The lowest BCUT2D eigenvalue weighted by molar-refractivity contribution is 0.102. The second kappa shape index (κ2) is 9.48. The molecule has 5 rings (SSSR count). The third kappa shape index (κ3) is 4.84. The number of benzene rings is 2. The second-order valence-corrected chi connectivity index (χ2v) is 8.14. The quantitative estimate of drug-likeness (QED) is 0.414. The van der Waals surface area contributed by atoms with Gasteiger partial charge in [0.1, 0.15) is 23.6 Å². The largest absolute Gasteiger partial charge is 0.363 e. The highest BCUT2D eigenvalue weighted by molar-refractivity contribution is 6.04. The number of anilines is 2. The van der Waals surface area contributed by atoms with Gasteiger partial charge in [0.15, 0.2) is 0 Å². The highest BCUT2D eigenvalue weighted by Crippen LogP contribution is 2.25. The van der Waals surface area contributed by atoms with Crippen molar-refractivity contribution in [2.75, 3.05) is 23.7 Å². The second-order valence-electron chi connectivity index (χ2n) is 8.14. The summed E-state index contributed by atoms with van der Waals surface area (Å²) in [5.41, 5.74) is 1.80. The minimum atomic E-state index is -0.990. The topological polar surface area (TPSA) is 91.8 Å². The van der Waals surface area contributed by atoms with Crippen LogP contribution in [-0.4, -0.2) is 46.2 Å². The van der Waals surface area contributed by atoms with Crippen molar-refractivity contribution in [1.82, 2.24) is 20.3 Å². The molecule has 1 aliphatic rings. The van der Waals surface area contributed by atoms with E-state index in [4.69, 9.17) is 0 Å². The van der Waals surface area contributed by atoms with Gasteiger partial charge in [-0.05, 0) is 54.8 Å². The molecule has 172 valence electrons. The molecule has 1 fully saturated rings. The van der Waals surface area contributed by atoms with Gasteiger partial charge in [-0.3, -0.25) is 9.78 Å². The maximum atomic E-state index is 14.2. The van der Waals surface area contributed by atoms with Crippen LogP contribution in [-0.2, 0) is 0 Å². The van der Waals surface area contributed by atoms with E-state index in [-0.39, 0.29) is 11.9 Å². The molecule has 1 amide bonds. The van der Waals surface area contributed by atoms with Crippen molar-refractivity contribution < 1.29 is 13.6 Å². The summed E-state index contributed by atoms with van der Waals surface area (Å²) in [6.45, 7) is 1.08. The van der Waals surface area contributed by atoms with E-state index in [1.165, 1.54) is 24.3 Å². The Kier molecular flexibility index (Phi) is 6.09. The van der Waals surface area contributed by atoms with Crippen molar-refractivity contribution in [3.8, 4) is 11.3 Å². The predicted molar refractivity (Wildman–Crippen MR) is 127 cm³/mol. The summed E-state index contributed by atoms with van der Waals surface area (Å²) in [5.74, 6) is 0.113. The van der Waals surface area contributed by atoms with Gasteiger partial charge in [-0.15, -0.1) is 0 Å². The van der Waals surface area contributed by atoms with Gasteiger partial charge in [0.05, 0.1) is 24.1 Å². The van der Waals surface area contributed by atoms with E-state index in [9.17, 15) is 13.6 Å². The number of carbonyl (C=O) groups is 1. The average molecular weight is 460 g/mol. The molecule has 2 aromatic heterocycles. The molecule has 3 heterocycles. The smallest absolute Gasteiger partial charge is 0.256 e. The SMILES string of the molecule is O=C(Nc1cc2cc(-c3cncc(N[C@H]4CCNC[C@@H]4F)n3)ccc2cn1)c1ccc(F)cc1. The Morgan fingerprint density at radius 1 is 1.00 bits per heavy atom. The lowest BCUT2D eigenvalue weighted by Crippen LogP contribution is -2.45. The van der Waals surface area contributed by atoms with Crippen LogP contribution in [0.1, 0.15) is 16.8 Å². The summed E-state index contributed by atoms with van der Waals surface area (Å²) in [4.78, 5) is 25.6. The number of piperidine rings is 1. The molecule has 0 radical (unpaired) electrons. The maximum absolute atomic E-state index is 14.2. The van der Waals surface area contributed by atoms with Crippen molar-refractivity contribution in [3.63, 3.8) is 0 Å². The van der Waals surface area contributed by atoms with Crippen molar-refractivity contribution in [2.45, 2.75) is 18.6 Å². The third-order valence-corrected chi connectivity index (χ3v) is 5.74. The van der Waals surface area contributed by atoms with E-state index in [0.717, 1.165) is 22.9 Å². The number of rotatable bonds is 5. The molecule has 7 nitrogen and oxygen atoms in total. The van der Waals surface area contributed by atoms with Crippen LogP contribution < -0.4 is 16.0 Å². The van der Waals surface area contributed by atoms with Crippen LogP contribution in [0.5, 0.6) is 0 Å². The minimum absolute atomic E-state index is 0.305. The zero-order chi connectivity index (χ0) is 23.5. The van der Waals surface area contributed by atoms with Gasteiger partial charge in [-0.1, -0.05) is 12.1 Å². The van der Waals surface area contributed by atoms with Gasteiger partial charge >= 0.3 is 0 Å². The van der Waals surface area contributed by atoms with E-state index < -0.39 is 12.0 Å². The van der Waals surface area contributed by atoms with Crippen LogP contribution in [0, 0.1) is 5.82 Å². The Labute approximate surface area is 194 Å². The van der Waals surface area contributed by atoms with Gasteiger partial charge in [0.25, 0.3) is 5.91 Å². The van der Waals surface area contributed by atoms with Crippen molar-refractivity contribution in [1.29, 1.82) is 0 Å². The highest BCUT2D eigenvalue weighted by atomic mass is 19.1. The number of amides is 1. The van der Waals surface area contributed by atoms with Crippen LogP contribution >= 0.6 is 0 Å². The molecule has 0 saturated carbocycles. The fourth-order valence-electron chi connectivity index (χ4n) is 3.91. The number of hydrogen-bond donors (Lipinski definition) is 3. The van der Waals surface area contributed by atoms with Crippen LogP contribution in [0.2, 0.25) is 0 Å². The molecule has 2 atom stereocenters. The fraction of sp³-hybridized carbons (Fsp3) is 0.200. The summed E-state index contributed by atoms with van der Waals surface area (Å²) in [6.07, 6.45) is 4.59. The Hall–Kier alpha value is -3.98. The first kappa shape index (κ1) is 21.8. The van der Waals surface area contributed by atoms with Crippen LogP contribution in [0.25, 0.3) is 22.0 Å². The van der Waals surface area contributed by atoms with Gasteiger partial charge < -0.3 is 16.0 Å². The van der Waals surface area contributed by atoms with Gasteiger partial charge in [0.2, 0.25) is 0 Å². The number of pyridine rings is 1. The predicted octanol–water partition coefficient (Wildman–Crippen LogP) is 4.20. The number of fused-ring (bicyclic) bond motifs is 1. The lowest BCUT2D eigenvalue weighted by Gasteiger charge is -2.27. The first-order valence-corrected chi connectivity index (χ1v) is 11.0. The Bertz CT molecular complexity index is 1330. The van der Waals surface area contributed by atoms with Crippen molar-refractivity contribution in [2.24, 2.45) is 0 Å². The van der Waals surface area contributed by atoms with Crippen molar-refractivity contribution in [3.05, 3.63) is 78.5 Å². The Balaban J connectivity index is 1.37. The first-order valence-electron chi connectivity index (χ1n) is 11.0. The molecule has 2 aromatic carbocycles. The zero-order valence-electron chi connectivity index (χ0n) is 18.1. The molecule has 4 aromatic rings. The highest BCUT2D eigenvalue weighted by Gasteiger charge is 2.24. The van der Waals surface area contributed by atoms with Crippen LogP contribution in [0.3, 0.4) is 0 Å². The number of nitrogens with zero attached hydrogens (tertiary/aromatic N) is 3. The summed E-state index contributed by atoms with van der Waals surface area (Å²) in [7, 11) is 0. The number of aromatic nitrogens is 3. The normalized spacial score (nSPS) is 17.9. The van der Waals surface area contributed by atoms with E-state index in [0.29, 0.717) is 35.9 Å². The lowest BCUT2D eigenvalue weighted by atomic mass is 10.0. The van der Waals surface area contributed by atoms with Gasteiger partial charge in [0, 0.05) is 29.3 Å². The fourth-order valence-corrected chi connectivity index (χ4v) is 3.91. The average Bonchev–Trinajstić information content (AvgIpc) is 2.85. The number of halogens is 2. The Morgan fingerprint density at radius 2 is 1.85 bits per heavy atom. The van der Waals surface area contributed by atoms with E-state index >= 15 is 0 Å². The minimum Gasteiger partial charge on any atom is -0.363 e.